The van der Waals surface area contributed by atoms with E-state index in [1.54, 1.807) is 0 Å². The van der Waals surface area contributed by atoms with Gasteiger partial charge in [-0.3, -0.25) is 5.32 Å². The zero-order chi connectivity index (χ0) is 20.9. The van der Waals surface area contributed by atoms with Crippen LogP contribution in [0.2, 0.25) is 0 Å². The Balaban J connectivity index is 1.48. The topological polar surface area (TPSA) is 75.3 Å². The molecule has 0 saturated heterocycles. The first-order chi connectivity index (χ1) is 14.4. The molecule has 0 saturated carbocycles. The lowest BCUT2D eigenvalue weighted by molar-refractivity contribution is 0.0636. The molecule has 2 heterocycles. The second kappa shape index (κ2) is 6.92. The maximum atomic E-state index is 12.1. The first kappa shape index (κ1) is 18.8. The largest absolute Gasteiger partial charge is 0.444 e. The van der Waals surface area contributed by atoms with Crippen LogP contribution < -0.4 is 21.2 Å². The second-order valence-electron chi connectivity index (χ2n) is 8.27. The second-order valence-corrected chi connectivity index (χ2v) is 9.30. The van der Waals surface area contributed by atoms with Gasteiger partial charge in [0.2, 0.25) is 0 Å². The molecule has 0 fully saturated rings. The number of amides is 1. The number of ether oxygens (including phenoxy) is 1. The molecule has 5 rings (SSSR count). The van der Waals surface area contributed by atoms with Gasteiger partial charge in [0.15, 0.2) is 5.13 Å². The van der Waals surface area contributed by atoms with Crippen molar-refractivity contribution < 1.29 is 9.53 Å². The van der Waals surface area contributed by atoms with Crippen molar-refractivity contribution in [1.82, 2.24) is 4.98 Å². The van der Waals surface area contributed by atoms with Crippen molar-refractivity contribution in [2.24, 2.45) is 0 Å². The molecule has 0 unspecified atom stereocenters. The maximum absolute atomic E-state index is 12.1. The number of aromatic nitrogens is 1. The zero-order valence-electron chi connectivity index (χ0n) is 16.9. The van der Waals surface area contributed by atoms with Crippen LogP contribution in [0.15, 0.2) is 54.6 Å². The number of nitrogens with one attached hydrogen (secondary N) is 3. The first-order valence-corrected chi connectivity index (χ1v) is 10.6. The number of carbonyl (C=O) groups excluding carboxylic acids is 1. The van der Waals surface area contributed by atoms with Crippen molar-refractivity contribution in [2.45, 2.75) is 26.4 Å². The van der Waals surface area contributed by atoms with Gasteiger partial charge in [-0.15, -0.1) is 0 Å². The minimum Gasteiger partial charge on any atom is -0.444 e. The van der Waals surface area contributed by atoms with Crippen LogP contribution in [0.4, 0.5) is 21.3 Å². The molecule has 4 aromatic rings. The third kappa shape index (κ3) is 3.43. The number of carbonyl (C=O) groups is 1. The van der Waals surface area contributed by atoms with E-state index in [-0.39, 0.29) is 6.98 Å². The minimum absolute atomic E-state index is 0.134. The van der Waals surface area contributed by atoms with Gasteiger partial charge in [-0.05, 0) is 49.8 Å². The van der Waals surface area contributed by atoms with E-state index in [9.17, 15) is 4.79 Å². The van der Waals surface area contributed by atoms with Gasteiger partial charge in [0.05, 0.1) is 10.2 Å². The molecule has 3 N–H and O–H groups in total. The minimum atomic E-state index is -0.559. The van der Waals surface area contributed by atoms with E-state index in [2.05, 4.69) is 63.2 Å². The van der Waals surface area contributed by atoms with Crippen LogP contribution in [0, 0.1) is 0 Å². The molecule has 1 aliphatic heterocycles. The van der Waals surface area contributed by atoms with Gasteiger partial charge in [-0.2, -0.15) is 0 Å². The van der Waals surface area contributed by atoms with Crippen molar-refractivity contribution >= 4 is 67.4 Å². The van der Waals surface area contributed by atoms with Gasteiger partial charge in [0, 0.05) is 16.8 Å². The highest BCUT2D eigenvalue weighted by molar-refractivity contribution is 7.22. The van der Waals surface area contributed by atoms with Crippen molar-refractivity contribution in [3.05, 3.63) is 54.6 Å². The molecule has 0 aliphatic carbocycles. The Morgan fingerprint density at radius 3 is 2.37 bits per heavy atom. The van der Waals surface area contributed by atoms with Crippen LogP contribution in [0.3, 0.4) is 0 Å². The summed E-state index contributed by atoms with van der Waals surface area (Å²) in [6, 6.07) is 18.6. The Hall–Kier alpha value is -3.26. The Morgan fingerprint density at radius 1 is 1.03 bits per heavy atom. The first-order valence-electron chi connectivity index (χ1n) is 9.82. The maximum Gasteiger partial charge on any atom is 0.413 e. The molecular weight excluding hydrogens is 395 g/mol. The van der Waals surface area contributed by atoms with Gasteiger partial charge >= 0.3 is 13.1 Å². The Bertz CT molecular complexity index is 1240. The monoisotopic (exact) mass is 416 g/mol. The Labute approximate surface area is 178 Å². The van der Waals surface area contributed by atoms with E-state index in [0.717, 1.165) is 27.1 Å². The predicted octanol–water partition coefficient (Wildman–Crippen LogP) is 5.03. The highest BCUT2D eigenvalue weighted by atomic mass is 32.1. The number of rotatable bonds is 2. The summed E-state index contributed by atoms with van der Waals surface area (Å²) in [4.78, 5) is 16.8. The molecule has 1 amide bonds. The number of fused-ring (bicyclic) bond motifs is 1. The van der Waals surface area contributed by atoms with Crippen LogP contribution in [0.5, 0.6) is 0 Å². The van der Waals surface area contributed by atoms with Crippen LogP contribution >= 0.6 is 11.3 Å². The smallest absolute Gasteiger partial charge is 0.413 e. The molecule has 150 valence electrons. The van der Waals surface area contributed by atoms with E-state index in [0.29, 0.717) is 5.13 Å². The average Bonchev–Trinajstić information content (AvgIpc) is 3.09. The third-order valence-electron chi connectivity index (χ3n) is 4.87. The van der Waals surface area contributed by atoms with Crippen LogP contribution in [-0.2, 0) is 4.74 Å². The molecule has 0 radical (unpaired) electrons. The standard InChI is InChI=1S/C22H21BN4O2S/c1-22(2,3)29-21(28)25-20-24-19-14(9-6-12-17(19)30-20)23-26-15-10-4-7-13-8-5-11-16(27-23)18(13)15/h4-12,26-27H,1-3H3,(H,24,25,28). The van der Waals surface area contributed by atoms with E-state index in [4.69, 9.17) is 4.74 Å². The molecule has 0 atom stereocenters. The summed E-state index contributed by atoms with van der Waals surface area (Å²) >= 11 is 1.43. The SMILES string of the molecule is CC(C)(C)OC(=O)Nc1nc2c(B3Nc4cccc5cccc(c45)N3)cccc2s1. The highest BCUT2D eigenvalue weighted by Crippen LogP contribution is 2.34. The summed E-state index contributed by atoms with van der Waals surface area (Å²) < 4.78 is 6.35. The number of nitrogens with zero attached hydrogens (tertiary/aromatic N) is 1. The molecule has 1 aromatic heterocycles. The fourth-order valence-electron chi connectivity index (χ4n) is 3.73. The third-order valence-corrected chi connectivity index (χ3v) is 5.81. The summed E-state index contributed by atoms with van der Waals surface area (Å²) in [6.07, 6.45) is -0.502. The number of benzene rings is 3. The van der Waals surface area contributed by atoms with Gasteiger partial charge in [0.25, 0.3) is 0 Å². The highest BCUT2D eigenvalue weighted by Gasteiger charge is 2.28. The number of para-hydroxylation sites is 1. The zero-order valence-corrected chi connectivity index (χ0v) is 17.8. The summed E-state index contributed by atoms with van der Waals surface area (Å²) in [6.45, 7) is 5.37. The Kier molecular flexibility index (Phi) is 4.32. The number of hydrogen-bond acceptors (Lipinski definition) is 6. The lowest BCUT2D eigenvalue weighted by Gasteiger charge is -2.26. The van der Waals surface area contributed by atoms with E-state index in [1.807, 2.05) is 32.9 Å². The van der Waals surface area contributed by atoms with Gasteiger partial charge in [-0.25, -0.2) is 9.78 Å². The van der Waals surface area contributed by atoms with Gasteiger partial charge in [-0.1, -0.05) is 47.7 Å². The van der Waals surface area contributed by atoms with Crippen molar-refractivity contribution in [3.63, 3.8) is 0 Å². The van der Waals surface area contributed by atoms with Gasteiger partial charge in [0.1, 0.15) is 5.60 Å². The quantitative estimate of drug-likeness (QED) is 0.400. The van der Waals surface area contributed by atoms with Crippen molar-refractivity contribution in [2.75, 3.05) is 15.8 Å². The molecule has 0 spiro atoms. The van der Waals surface area contributed by atoms with Gasteiger partial charge < -0.3 is 15.2 Å². The average molecular weight is 416 g/mol. The Morgan fingerprint density at radius 2 is 1.70 bits per heavy atom. The van der Waals surface area contributed by atoms with Crippen LogP contribution in [0.25, 0.3) is 21.0 Å². The molecule has 8 heteroatoms. The molecule has 6 nitrogen and oxygen atoms in total. The molecule has 3 aromatic carbocycles. The fraction of sp³-hybridized carbons (Fsp3) is 0.182. The van der Waals surface area contributed by atoms with Crippen LogP contribution in [-0.4, -0.2) is 23.7 Å². The summed E-state index contributed by atoms with van der Waals surface area (Å²) in [5.41, 5.74) is 3.49. The predicted molar refractivity (Wildman–Crippen MR) is 126 cm³/mol. The number of anilines is 3. The van der Waals surface area contributed by atoms with Crippen LogP contribution in [0.1, 0.15) is 20.8 Å². The fourth-order valence-corrected chi connectivity index (χ4v) is 4.62. The summed E-state index contributed by atoms with van der Waals surface area (Å²) in [7, 11) is 0. The lowest BCUT2D eigenvalue weighted by atomic mass is 9.65. The number of hydrogen-bond donors (Lipinski definition) is 3. The number of thiazole rings is 1. The summed E-state index contributed by atoms with van der Waals surface area (Å²) in [5.74, 6) is 0. The molecule has 1 aliphatic rings. The van der Waals surface area contributed by atoms with Crippen molar-refractivity contribution in [3.8, 4) is 0 Å². The van der Waals surface area contributed by atoms with Crippen molar-refractivity contribution in [1.29, 1.82) is 0 Å². The molecule has 0 bridgehead atoms. The van der Waals surface area contributed by atoms with E-state index >= 15 is 0 Å². The molecule has 30 heavy (non-hydrogen) atoms. The van der Waals surface area contributed by atoms with E-state index < -0.39 is 11.7 Å². The lowest BCUT2D eigenvalue weighted by Crippen LogP contribution is -2.48. The molecular formula is C22H21BN4O2S. The normalized spacial score (nSPS) is 13.1. The summed E-state index contributed by atoms with van der Waals surface area (Å²) in [5, 5.41) is 12.8. The van der Waals surface area contributed by atoms with E-state index in [1.165, 1.54) is 22.1 Å².